The third-order valence-electron chi connectivity index (χ3n) is 3.10. The molecule has 6 heteroatoms. The van der Waals surface area contributed by atoms with Gasteiger partial charge in [-0.2, -0.15) is 0 Å². The van der Waals surface area contributed by atoms with Crippen molar-refractivity contribution in [2.75, 3.05) is 6.61 Å². The molecule has 0 aliphatic carbocycles. The van der Waals surface area contributed by atoms with Gasteiger partial charge in [0.2, 0.25) is 0 Å². The lowest BCUT2D eigenvalue weighted by atomic mass is 9.80. The first-order valence-corrected chi connectivity index (χ1v) is 5.64. The van der Waals surface area contributed by atoms with Gasteiger partial charge in [0.1, 0.15) is 11.3 Å². The maximum Gasteiger partial charge on any atom is 0.339 e. The van der Waals surface area contributed by atoms with E-state index in [9.17, 15) is 15.0 Å². The van der Waals surface area contributed by atoms with Crippen LogP contribution in [0, 0.1) is 12.3 Å². The molecule has 5 nitrogen and oxygen atoms in total. The zero-order chi connectivity index (χ0) is 14.1. The van der Waals surface area contributed by atoms with Crippen molar-refractivity contribution in [3.63, 3.8) is 0 Å². The second-order valence-electron chi connectivity index (χ2n) is 5.18. The van der Waals surface area contributed by atoms with E-state index < -0.39 is 17.4 Å². The highest BCUT2D eigenvalue weighted by molar-refractivity contribution is 5.91. The summed E-state index contributed by atoms with van der Waals surface area (Å²) < 4.78 is 0. The highest BCUT2D eigenvalue weighted by Crippen LogP contribution is 2.37. The number of nitrogens with two attached hydrogens (primary N) is 1. The molecule has 1 aromatic carbocycles. The van der Waals surface area contributed by atoms with Crippen LogP contribution in [0.4, 0.5) is 0 Å². The van der Waals surface area contributed by atoms with Crippen molar-refractivity contribution in [2.24, 2.45) is 11.1 Å². The van der Waals surface area contributed by atoms with Crippen molar-refractivity contribution in [1.82, 2.24) is 0 Å². The third-order valence-corrected chi connectivity index (χ3v) is 3.10. The van der Waals surface area contributed by atoms with Gasteiger partial charge in [-0.15, -0.1) is 12.4 Å². The Morgan fingerprint density at radius 3 is 2.37 bits per heavy atom. The summed E-state index contributed by atoms with van der Waals surface area (Å²) in [6.07, 6.45) is 0. The highest BCUT2D eigenvalue weighted by atomic mass is 35.5. The molecule has 1 aromatic rings. The van der Waals surface area contributed by atoms with Gasteiger partial charge in [0.05, 0.1) is 0 Å². The van der Waals surface area contributed by atoms with Crippen LogP contribution in [-0.2, 0) is 0 Å². The maximum absolute atomic E-state index is 11.0. The van der Waals surface area contributed by atoms with Gasteiger partial charge in [-0.3, -0.25) is 0 Å². The first-order valence-electron chi connectivity index (χ1n) is 5.64. The van der Waals surface area contributed by atoms with Gasteiger partial charge in [0, 0.05) is 23.6 Å². The topological polar surface area (TPSA) is 104 Å². The lowest BCUT2D eigenvalue weighted by molar-refractivity contribution is 0.0693. The number of aliphatic hydroxyl groups is 1. The summed E-state index contributed by atoms with van der Waals surface area (Å²) >= 11 is 0. The Morgan fingerprint density at radius 2 is 1.95 bits per heavy atom. The second kappa shape index (κ2) is 6.23. The van der Waals surface area contributed by atoms with E-state index in [0.29, 0.717) is 11.1 Å². The Morgan fingerprint density at radius 1 is 1.42 bits per heavy atom. The minimum Gasteiger partial charge on any atom is -0.507 e. The Labute approximate surface area is 118 Å². The molecule has 0 bridgehead atoms. The molecule has 0 heterocycles. The molecule has 108 valence electrons. The highest BCUT2D eigenvalue weighted by Gasteiger charge is 2.30. The fourth-order valence-electron chi connectivity index (χ4n) is 1.73. The Hall–Kier alpha value is -1.30. The first-order chi connectivity index (χ1) is 8.20. The number of halogens is 1. The molecule has 0 saturated carbocycles. The minimum absolute atomic E-state index is 0. The van der Waals surface area contributed by atoms with Crippen molar-refractivity contribution in [3.8, 4) is 5.75 Å². The lowest BCUT2D eigenvalue weighted by Gasteiger charge is -2.30. The van der Waals surface area contributed by atoms with Gasteiger partial charge < -0.3 is 21.1 Å². The average Bonchev–Trinajstić information content (AvgIpc) is 2.30. The molecule has 0 fully saturated rings. The van der Waals surface area contributed by atoms with Crippen LogP contribution in [0.5, 0.6) is 5.75 Å². The van der Waals surface area contributed by atoms with E-state index in [4.69, 9.17) is 10.8 Å². The molecule has 0 radical (unpaired) electrons. The van der Waals surface area contributed by atoms with Gasteiger partial charge in [-0.05, 0) is 18.6 Å². The number of hydrogen-bond donors (Lipinski definition) is 4. The maximum atomic E-state index is 11.0. The van der Waals surface area contributed by atoms with Crippen LogP contribution in [0.1, 0.15) is 41.4 Å². The number of carboxylic acids is 1. The predicted molar refractivity (Wildman–Crippen MR) is 74.8 cm³/mol. The van der Waals surface area contributed by atoms with Crippen molar-refractivity contribution < 1.29 is 20.1 Å². The Bertz CT molecular complexity index is 474. The Kier molecular flexibility index (Phi) is 5.81. The molecule has 0 spiro atoms. The van der Waals surface area contributed by atoms with Gasteiger partial charge in [0.25, 0.3) is 0 Å². The smallest absolute Gasteiger partial charge is 0.339 e. The molecule has 0 aliphatic heterocycles. The zero-order valence-corrected chi connectivity index (χ0v) is 12.0. The number of carbonyl (C=O) groups is 1. The molecule has 0 aliphatic rings. The van der Waals surface area contributed by atoms with E-state index >= 15 is 0 Å². The van der Waals surface area contributed by atoms with Crippen LogP contribution in [0.25, 0.3) is 0 Å². The predicted octanol–water partition coefficient (Wildman–Crippen LogP) is 1.84. The number of aryl methyl sites for hydroxylation is 1. The fourth-order valence-corrected chi connectivity index (χ4v) is 1.73. The van der Waals surface area contributed by atoms with Gasteiger partial charge in [0.15, 0.2) is 0 Å². The van der Waals surface area contributed by atoms with Gasteiger partial charge in [-0.1, -0.05) is 19.9 Å². The summed E-state index contributed by atoms with van der Waals surface area (Å²) in [7, 11) is 0. The van der Waals surface area contributed by atoms with Crippen molar-refractivity contribution in [3.05, 3.63) is 28.8 Å². The molecule has 1 atom stereocenters. The van der Waals surface area contributed by atoms with Crippen LogP contribution in [0.2, 0.25) is 0 Å². The molecule has 5 N–H and O–H groups in total. The molecule has 0 saturated heterocycles. The quantitative estimate of drug-likeness (QED) is 0.677. The average molecular weight is 290 g/mol. The van der Waals surface area contributed by atoms with Crippen LogP contribution >= 0.6 is 12.4 Å². The molecule has 0 amide bonds. The zero-order valence-electron chi connectivity index (χ0n) is 11.2. The molecular weight excluding hydrogens is 270 g/mol. The number of aromatic carboxylic acids is 1. The summed E-state index contributed by atoms with van der Waals surface area (Å²) in [4.78, 5) is 11.0. The van der Waals surface area contributed by atoms with Crippen LogP contribution in [0.3, 0.4) is 0 Å². The largest absolute Gasteiger partial charge is 0.507 e. The van der Waals surface area contributed by atoms with Crippen LogP contribution in [-0.4, -0.2) is 27.9 Å². The Balaban J connectivity index is 0.00000324. The van der Waals surface area contributed by atoms with E-state index in [1.165, 1.54) is 6.07 Å². The van der Waals surface area contributed by atoms with Crippen molar-refractivity contribution in [2.45, 2.75) is 26.8 Å². The summed E-state index contributed by atoms with van der Waals surface area (Å²) in [6, 6.07) is 2.38. The van der Waals surface area contributed by atoms with Crippen molar-refractivity contribution >= 4 is 18.4 Å². The van der Waals surface area contributed by atoms with Gasteiger partial charge in [-0.25, -0.2) is 4.79 Å². The summed E-state index contributed by atoms with van der Waals surface area (Å²) in [5.41, 5.74) is 6.22. The van der Waals surface area contributed by atoms with E-state index in [1.807, 2.05) is 0 Å². The van der Waals surface area contributed by atoms with Crippen molar-refractivity contribution in [1.29, 1.82) is 0 Å². The minimum atomic E-state index is -1.20. The number of hydrogen-bond acceptors (Lipinski definition) is 4. The number of carboxylic acid groups (broad SMARTS) is 1. The number of aliphatic hydroxyl groups excluding tert-OH is 1. The van der Waals surface area contributed by atoms with E-state index in [2.05, 4.69) is 0 Å². The third kappa shape index (κ3) is 3.59. The van der Waals surface area contributed by atoms with E-state index in [-0.39, 0.29) is 30.3 Å². The molecular formula is C13H20ClNO4. The lowest BCUT2D eigenvalue weighted by Crippen LogP contribution is -2.32. The molecule has 1 rings (SSSR count). The van der Waals surface area contributed by atoms with Crippen LogP contribution in [0.15, 0.2) is 12.1 Å². The van der Waals surface area contributed by atoms with E-state index in [1.54, 1.807) is 26.8 Å². The SMILES string of the molecule is Cc1cc(C(=O)O)c(O)c([C@@H](N)C(C)(C)CO)c1.Cl. The summed E-state index contributed by atoms with van der Waals surface area (Å²) in [5.74, 6) is -1.53. The normalized spacial score (nSPS) is 12.7. The van der Waals surface area contributed by atoms with Gasteiger partial charge >= 0.3 is 5.97 Å². The van der Waals surface area contributed by atoms with Crippen LogP contribution < -0.4 is 5.73 Å². The monoisotopic (exact) mass is 289 g/mol. The molecule has 19 heavy (non-hydrogen) atoms. The standard InChI is InChI=1S/C13H19NO4.ClH/c1-7-4-8(11(14)13(2,3)6-15)10(16)9(5-7)12(17)18;/h4-5,11,15-16H,6,14H2,1-3H3,(H,17,18);1H/t11-;/m1./s1. The number of phenols is 1. The molecule has 0 aromatic heterocycles. The number of benzene rings is 1. The fraction of sp³-hybridized carbons (Fsp3) is 0.462. The summed E-state index contributed by atoms with van der Waals surface area (Å²) in [5, 5.41) is 28.3. The second-order valence-corrected chi connectivity index (χ2v) is 5.18. The first kappa shape index (κ1) is 17.7. The number of rotatable bonds is 4. The van der Waals surface area contributed by atoms with E-state index in [0.717, 1.165) is 0 Å². The molecule has 0 unspecified atom stereocenters. The summed E-state index contributed by atoms with van der Waals surface area (Å²) in [6.45, 7) is 5.07. The number of aromatic hydroxyl groups is 1.